The molecule has 0 radical (unpaired) electrons. The summed E-state index contributed by atoms with van der Waals surface area (Å²) in [4.78, 5) is 13.4. The van der Waals surface area contributed by atoms with Gasteiger partial charge in [-0.3, -0.25) is 4.90 Å². The Hall–Kier alpha value is -1.73. The molecule has 3 rings (SSSR count). The summed E-state index contributed by atoms with van der Waals surface area (Å²) >= 11 is 1.49. The second kappa shape index (κ2) is 6.36. The van der Waals surface area contributed by atoms with E-state index in [0.29, 0.717) is 5.88 Å². The molecule has 1 fully saturated rings. The monoisotopic (exact) mass is 305 g/mol. The van der Waals surface area contributed by atoms with Gasteiger partial charge in [0.1, 0.15) is 5.82 Å². The van der Waals surface area contributed by atoms with Crippen molar-refractivity contribution >= 4 is 16.7 Å². The predicted molar refractivity (Wildman–Crippen MR) is 82.9 cm³/mol. The van der Waals surface area contributed by atoms with E-state index in [-0.39, 0.29) is 0 Å². The average Bonchev–Trinajstić information content (AvgIpc) is 2.95. The van der Waals surface area contributed by atoms with E-state index in [1.165, 1.54) is 17.1 Å². The van der Waals surface area contributed by atoms with E-state index in [1.54, 1.807) is 13.3 Å². The van der Waals surface area contributed by atoms with Crippen molar-refractivity contribution in [1.29, 1.82) is 0 Å². The van der Waals surface area contributed by atoms with Crippen molar-refractivity contribution in [2.75, 3.05) is 38.2 Å². The fourth-order valence-corrected chi connectivity index (χ4v) is 3.16. The van der Waals surface area contributed by atoms with Crippen LogP contribution in [0.1, 0.15) is 11.4 Å². The number of hydrogen-bond donors (Lipinski definition) is 0. The highest BCUT2D eigenvalue weighted by atomic mass is 32.1. The summed E-state index contributed by atoms with van der Waals surface area (Å²) in [5.41, 5.74) is 1.24. The van der Waals surface area contributed by atoms with Crippen molar-refractivity contribution in [3.8, 4) is 5.88 Å². The minimum absolute atomic E-state index is 0.676. The summed E-state index contributed by atoms with van der Waals surface area (Å²) in [5.74, 6) is 1.54. The van der Waals surface area contributed by atoms with Crippen molar-refractivity contribution in [3.05, 3.63) is 29.7 Å². The number of aryl methyl sites for hydroxylation is 1. The minimum Gasteiger partial charge on any atom is -0.481 e. The van der Waals surface area contributed by atoms with Crippen LogP contribution in [0.25, 0.3) is 0 Å². The first-order valence-electron chi connectivity index (χ1n) is 7.01. The van der Waals surface area contributed by atoms with Gasteiger partial charge in [0.05, 0.1) is 7.11 Å². The molecule has 0 atom stereocenters. The lowest BCUT2D eigenvalue weighted by molar-refractivity contribution is 0.249. The van der Waals surface area contributed by atoms with Gasteiger partial charge in [-0.2, -0.15) is 4.37 Å². The highest BCUT2D eigenvalue weighted by Gasteiger charge is 2.19. The molecule has 0 saturated carbocycles. The van der Waals surface area contributed by atoms with Gasteiger partial charge in [-0.1, -0.05) is 0 Å². The maximum atomic E-state index is 5.17. The number of anilines is 1. The largest absolute Gasteiger partial charge is 0.481 e. The van der Waals surface area contributed by atoms with E-state index in [1.807, 2.05) is 19.1 Å². The Morgan fingerprint density at radius 2 is 2.10 bits per heavy atom. The lowest BCUT2D eigenvalue weighted by Gasteiger charge is -2.34. The first kappa shape index (κ1) is 14.2. The van der Waals surface area contributed by atoms with E-state index < -0.39 is 0 Å². The third-order valence-electron chi connectivity index (χ3n) is 3.57. The van der Waals surface area contributed by atoms with Crippen molar-refractivity contribution in [2.45, 2.75) is 13.5 Å². The van der Waals surface area contributed by atoms with Crippen molar-refractivity contribution in [1.82, 2.24) is 19.2 Å². The van der Waals surface area contributed by atoms with Gasteiger partial charge in [0.2, 0.25) is 11.0 Å². The van der Waals surface area contributed by atoms with Crippen LogP contribution in [0.4, 0.5) is 5.13 Å². The number of hydrogen-bond acceptors (Lipinski definition) is 7. The molecule has 0 spiro atoms. The molecule has 112 valence electrons. The lowest BCUT2D eigenvalue weighted by Crippen LogP contribution is -2.45. The van der Waals surface area contributed by atoms with E-state index in [2.05, 4.69) is 24.1 Å². The molecule has 1 aliphatic heterocycles. The fraction of sp³-hybridized carbons (Fsp3) is 0.500. The molecule has 0 unspecified atom stereocenters. The highest BCUT2D eigenvalue weighted by molar-refractivity contribution is 7.09. The zero-order chi connectivity index (χ0) is 14.7. The van der Waals surface area contributed by atoms with Crippen LogP contribution in [-0.2, 0) is 6.54 Å². The van der Waals surface area contributed by atoms with E-state index in [9.17, 15) is 0 Å². The van der Waals surface area contributed by atoms with Crippen LogP contribution >= 0.6 is 11.5 Å². The first-order valence-corrected chi connectivity index (χ1v) is 7.78. The van der Waals surface area contributed by atoms with Gasteiger partial charge in [0.25, 0.3) is 0 Å². The SMILES string of the molecule is COc1cc(CN2CCN(c3nc(C)ns3)CC2)ccn1. The van der Waals surface area contributed by atoms with Gasteiger partial charge < -0.3 is 9.64 Å². The molecule has 2 aromatic heterocycles. The smallest absolute Gasteiger partial charge is 0.213 e. The van der Waals surface area contributed by atoms with Gasteiger partial charge >= 0.3 is 0 Å². The number of ether oxygens (including phenoxy) is 1. The number of rotatable bonds is 4. The molecular weight excluding hydrogens is 286 g/mol. The molecule has 0 aliphatic carbocycles. The van der Waals surface area contributed by atoms with Crippen LogP contribution in [-0.4, -0.2) is 52.5 Å². The number of pyridine rings is 1. The Labute approximate surface area is 128 Å². The van der Waals surface area contributed by atoms with Gasteiger partial charge in [0.15, 0.2) is 0 Å². The molecule has 7 heteroatoms. The zero-order valence-corrected chi connectivity index (χ0v) is 13.1. The van der Waals surface area contributed by atoms with Gasteiger partial charge in [-0.15, -0.1) is 0 Å². The number of aromatic nitrogens is 3. The van der Waals surface area contributed by atoms with Crippen LogP contribution in [0.3, 0.4) is 0 Å². The van der Waals surface area contributed by atoms with Gasteiger partial charge in [-0.25, -0.2) is 9.97 Å². The molecule has 21 heavy (non-hydrogen) atoms. The third-order valence-corrected chi connectivity index (χ3v) is 4.44. The Balaban J connectivity index is 1.56. The molecule has 6 nitrogen and oxygen atoms in total. The Morgan fingerprint density at radius 3 is 2.76 bits per heavy atom. The summed E-state index contributed by atoms with van der Waals surface area (Å²) in [6, 6.07) is 4.05. The second-order valence-corrected chi connectivity index (χ2v) is 5.82. The van der Waals surface area contributed by atoms with E-state index in [0.717, 1.165) is 43.7 Å². The van der Waals surface area contributed by atoms with Crippen molar-refractivity contribution in [3.63, 3.8) is 0 Å². The maximum absolute atomic E-state index is 5.17. The molecule has 3 heterocycles. The summed E-state index contributed by atoms with van der Waals surface area (Å²) < 4.78 is 9.42. The topological polar surface area (TPSA) is 54.4 Å². The minimum atomic E-state index is 0.676. The van der Waals surface area contributed by atoms with Crippen molar-refractivity contribution in [2.24, 2.45) is 0 Å². The van der Waals surface area contributed by atoms with Gasteiger partial charge in [0, 0.05) is 56.5 Å². The average molecular weight is 305 g/mol. The predicted octanol–water partition coefficient (Wildman–Crippen LogP) is 1.57. The molecule has 1 saturated heterocycles. The Kier molecular flexibility index (Phi) is 4.31. The summed E-state index contributed by atoms with van der Waals surface area (Å²) in [6.07, 6.45) is 1.80. The normalized spacial score (nSPS) is 16.2. The van der Waals surface area contributed by atoms with Crippen LogP contribution in [0.5, 0.6) is 5.88 Å². The standard InChI is InChI=1S/C14H19N5OS/c1-11-16-14(21-17-11)19-7-5-18(6-8-19)10-12-3-4-15-13(9-12)20-2/h3-4,9H,5-8,10H2,1-2H3. The number of nitrogens with zero attached hydrogens (tertiary/aromatic N) is 5. The second-order valence-electron chi connectivity index (χ2n) is 5.09. The number of piperazine rings is 1. The molecule has 0 bridgehead atoms. The Bertz CT molecular complexity index is 595. The van der Waals surface area contributed by atoms with Crippen LogP contribution in [0, 0.1) is 6.92 Å². The molecule has 2 aromatic rings. The highest BCUT2D eigenvalue weighted by Crippen LogP contribution is 2.19. The van der Waals surface area contributed by atoms with E-state index in [4.69, 9.17) is 4.74 Å². The molecular formula is C14H19N5OS. The van der Waals surface area contributed by atoms with Crippen LogP contribution in [0.15, 0.2) is 18.3 Å². The number of methoxy groups -OCH3 is 1. The quantitative estimate of drug-likeness (QED) is 0.855. The molecule has 1 aliphatic rings. The summed E-state index contributed by atoms with van der Waals surface area (Å²) in [7, 11) is 1.65. The summed E-state index contributed by atoms with van der Waals surface area (Å²) in [6.45, 7) is 6.93. The maximum Gasteiger partial charge on any atom is 0.213 e. The fourth-order valence-electron chi connectivity index (χ4n) is 2.43. The molecule has 0 aromatic carbocycles. The van der Waals surface area contributed by atoms with Crippen LogP contribution in [0.2, 0.25) is 0 Å². The third kappa shape index (κ3) is 3.48. The molecule has 0 amide bonds. The van der Waals surface area contributed by atoms with Crippen molar-refractivity contribution < 1.29 is 4.74 Å². The lowest BCUT2D eigenvalue weighted by atomic mass is 10.2. The first-order chi connectivity index (χ1) is 10.2. The summed E-state index contributed by atoms with van der Waals surface area (Å²) in [5, 5.41) is 1.04. The van der Waals surface area contributed by atoms with Gasteiger partial charge in [-0.05, 0) is 18.6 Å². The molecule has 0 N–H and O–H groups in total. The Morgan fingerprint density at radius 1 is 1.29 bits per heavy atom. The zero-order valence-electron chi connectivity index (χ0n) is 12.3. The van der Waals surface area contributed by atoms with E-state index >= 15 is 0 Å². The van der Waals surface area contributed by atoms with Crippen LogP contribution < -0.4 is 9.64 Å².